The van der Waals surface area contributed by atoms with E-state index in [1.165, 1.54) is 5.56 Å². The highest BCUT2D eigenvalue weighted by Gasteiger charge is 2.39. The number of nitrogens with zero attached hydrogens (tertiary/aromatic N) is 1. The van der Waals surface area contributed by atoms with E-state index in [2.05, 4.69) is 46.6 Å². The van der Waals surface area contributed by atoms with Gasteiger partial charge in [0.2, 0.25) is 0 Å². The molecule has 0 aromatic heterocycles. The molecule has 2 unspecified atom stereocenters. The second-order valence-electron chi connectivity index (χ2n) is 5.72. The van der Waals surface area contributed by atoms with E-state index in [9.17, 15) is 5.11 Å². The smallest absolute Gasteiger partial charge is 0.0962 e. The van der Waals surface area contributed by atoms with Crippen molar-refractivity contribution in [1.82, 2.24) is 10.2 Å². The maximum Gasteiger partial charge on any atom is 0.0962 e. The Kier molecular flexibility index (Phi) is 3.69. The maximum atomic E-state index is 10.9. The zero-order chi connectivity index (χ0) is 13.1. The number of piperidine rings is 1. The van der Waals surface area contributed by atoms with Crippen molar-refractivity contribution in [3.8, 4) is 0 Å². The van der Waals surface area contributed by atoms with Crippen LogP contribution in [0.15, 0.2) is 42.5 Å². The third kappa shape index (κ3) is 2.89. The third-order valence-corrected chi connectivity index (χ3v) is 4.19. The van der Waals surface area contributed by atoms with E-state index >= 15 is 0 Å². The lowest BCUT2D eigenvalue weighted by Crippen LogP contribution is -2.57. The lowest BCUT2D eigenvalue weighted by atomic mass is 9.86. The highest BCUT2D eigenvalue weighted by atomic mass is 16.3. The minimum absolute atomic E-state index is 0.117. The highest BCUT2D eigenvalue weighted by molar-refractivity contribution is 5.16. The molecule has 1 aromatic rings. The number of hydrogen-bond donors (Lipinski definition) is 2. The van der Waals surface area contributed by atoms with E-state index in [0.717, 1.165) is 39.0 Å². The Morgan fingerprint density at radius 3 is 2.89 bits per heavy atom. The van der Waals surface area contributed by atoms with Gasteiger partial charge in [-0.15, -0.1) is 0 Å². The van der Waals surface area contributed by atoms with E-state index < -0.39 is 5.60 Å². The van der Waals surface area contributed by atoms with Gasteiger partial charge in [0.1, 0.15) is 0 Å². The van der Waals surface area contributed by atoms with Crippen LogP contribution in [0.25, 0.3) is 0 Å². The van der Waals surface area contributed by atoms with Crippen LogP contribution in [0.3, 0.4) is 0 Å². The van der Waals surface area contributed by atoms with Gasteiger partial charge < -0.3 is 10.4 Å². The Bertz CT molecular complexity index is 445. The lowest BCUT2D eigenvalue weighted by Gasteiger charge is -2.42. The number of rotatable bonds is 3. The van der Waals surface area contributed by atoms with Gasteiger partial charge in [-0.05, 0) is 24.9 Å². The summed E-state index contributed by atoms with van der Waals surface area (Å²) in [4.78, 5) is 2.37. The summed E-state index contributed by atoms with van der Waals surface area (Å²) in [6.07, 6.45) is 6.18. The van der Waals surface area contributed by atoms with E-state index in [1.54, 1.807) is 0 Å². The number of nitrogens with one attached hydrogen (secondary N) is 1. The van der Waals surface area contributed by atoms with Crippen molar-refractivity contribution in [2.45, 2.75) is 31.0 Å². The molecule has 0 bridgehead atoms. The molecule has 1 saturated heterocycles. The van der Waals surface area contributed by atoms with Crippen LogP contribution in [0.5, 0.6) is 0 Å². The van der Waals surface area contributed by atoms with E-state index in [1.807, 2.05) is 6.07 Å². The molecule has 0 spiro atoms. The first-order valence-corrected chi connectivity index (χ1v) is 7.15. The molecule has 1 fully saturated rings. The summed E-state index contributed by atoms with van der Waals surface area (Å²) in [7, 11) is 0. The molecule has 2 aliphatic heterocycles. The van der Waals surface area contributed by atoms with Crippen LogP contribution >= 0.6 is 0 Å². The fourth-order valence-corrected chi connectivity index (χ4v) is 3.22. The Morgan fingerprint density at radius 2 is 2.16 bits per heavy atom. The molecule has 3 heteroatoms. The second kappa shape index (κ2) is 5.45. The normalized spacial score (nSPS) is 31.7. The van der Waals surface area contributed by atoms with Crippen LogP contribution in [0.1, 0.15) is 18.4 Å². The van der Waals surface area contributed by atoms with Crippen molar-refractivity contribution in [3.05, 3.63) is 48.0 Å². The fourth-order valence-electron chi connectivity index (χ4n) is 3.22. The summed E-state index contributed by atoms with van der Waals surface area (Å²) in [6.45, 7) is 3.64. The molecule has 3 rings (SSSR count). The molecule has 3 nitrogen and oxygen atoms in total. The van der Waals surface area contributed by atoms with Gasteiger partial charge in [-0.25, -0.2) is 0 Å². The predicted octanol–water partition coefficient (Wildman–Crippen LogP) is 1.54. The number of β-amino-alcohol motifs (C(OH)–C–C–N with tert-alkyl or cyclic N) is 1. The summed E-state index contributed by atoms with van der Waals surface area (Å²) >= 11 is 0. The van der Waals surface area contributed by atoms with Gasteiger partial charge in [0.05, 0.1) is 11.6 Å². The fraction of sp³-hybridized carbons (Fsp3) is 0.500. The van der Waals surface area contributed by atoms with Crippen molar-refractivity contribution >= 4 is 0 Å². The topological polar surface area (TPSA) is 35.5 Å². The number of hydrogen-bond acceptors (Lipinski definition) is 3. The first-order valence-electron chi connectivity index (χ1n) is 7.15. The standard InChI is InChI=1S/C16H22N2O/c19-16(15-8-4-10-17-15)9-5-11-18(13-16)12-14-6-2-1-3-7-14/h1-4,6-8,15,17,19H,5,9-13H2. The zero-order valence-electron chi connectivity index (χ0n) is 11.3. The SMILES string of the molecule is OC1(C2C=CCN2)CCCN(Cc2ccccc2)C1. The molecular formula is C16H22N2O. The molecule has 2 N–H and O–H groups in total. The van der Waals surface area contributed by atoms with Crippen molar-refractivity contribution in [2.24, 2.45) is 0 Å². The van der Waals surface area contributed by atoms with Crippen molar-refractivity contribution < 1.29 is 5.11 Å². The van der Waals surface area contributed by atoms with Crippen LogP contribution in [0.4, 0.5) is 0 Å². The van der Waals surface area contributed by atoms with E-state index in [4.69, 9.17) is 0 Å². The molecule has 0 amide bonds. The van der Waals surface area contributed by atoms with Crippen LogP contribution in [-0.4, -0.2) is 41.3 Å². The van der Waals surface area contributed by atoms with Crippen LogP contribution in [-0.2, 0) is 6.54 Å². The predicted molar refractivity (Wildman–Crippen MR) is 76.8 cm³/mol. The third-order valence-electron chi connectivity index (χ3n) is 4.19. The average molecular weight is 258 g/mol. The first kappa shape index (κ1) is 12.9. The van der Waals surface area contributed by atoms with Gasteiger partial charge in [0.25, 0.3) is 0 Å². The Hall–Kier alpha value is -1.16. The van der Waals surface area contributed by atoms with Crippen LogP contribution < -0.4 is 5.32 Å². The molecule has 0 radical (unpaired) electrons. The maximum absolute atomic E-state index is 10.9. The van der Waals surface area contributed by atoms with Gasteiger partial charge in [0, 0.05) is 19.6 Å². The molecular weight excluding hydrogens is 236 g/mol. The summed E-state index contributed by atoms with van der Waals surface area (Å²) in [5.74, 6) is 0. The minimum Gasteiger partial charge on any atom is -0.387 e. The van der Waals surface area contributed by atoms with Gasteiger partial charge in [0.15, 0.2) is 0 Å². The van der Waals surface area contributed by atoms with Gasteiger partial charge >= 0.3 is 0 Å². The molecule has 1 aromatic carbocycles. The quantitative estimate of drug-likeness (QED) is 0.807. The number of aliphatic hydroxyl groups is 1. The Morgan fingerprint density at radius 1 is 1.32 bits per heavy atom. The molecule has 19 heavy (non-hydrogen) atoms. The van der Waals surface area contributed by atoms with E-state index in [0.29, 0.717) is 0 Å². The van der Waals surface area contributed by atoms with E-state index in [-0.39, 0.29) is 6.04 Å². The molecule has 2 heterocycles. The molecule has 2 atom stereocenters. The summed E-state index contributed by atoms with van der Waals surface area (Å²) < 4.78 is 0. The average Bonchev–Trinajstić information content (AvgIpc) is 2.95. The van der Waals surface area contributed by atoms with Gasteiger partial charge in [-0.1, -0.05) is 42.5 Å². The summed E-state index contributed by atoms with van der Waals surface area (Å²) in [5.41, 5.74) is 0.710. The van der Waals surface area contributed by atoms with Crippen LogP contribution in [0, 0.1) is 0 Å². The van der Waals surface area contributed by atoms with Gasteiger partial charge in [-0.3, -0.25) is 4.90 Å². The molecule has 0 aliphatic carbocycles. The Balaban J connectivity index is 1.66. The van der Waals surface area contributed by atoms with Crippen molar-refractivity contribution in [3.63, 3.8) is 0 Å². The number of benzene rings is 1. The lowest BCUT2D eigenvalue weighted by molar-refractivity contribution is -0.0472. The van der Waals surface area contributed by atoms with Crippen molar-refractivity contribution in [1.29, 1.82) is 0 Å². The highest BCUT2D eigenvalue weighted by Crippen LogP contribution is 2.27. The van der Waals surface area contributed by atoms with Crippen LogP contribution in [0.2, 0.25) is 0 Å². The summed E-state index contributed by atoms with van der Waals surface area (Å²) in [6, 6.07) is 10.6. The first-order chi connectivity index (χ1) is 9.26. The summed E-state index contributed by atoms with van der Waals surface area (Å²) in [5, 5.41) is 14.2. The van der Waals surface area contributed by atoms with Gasteiger partial charge in [-0.2, -0.15) is 0 Å². The molecule has 0 saturated carbocycles. The largest absolute Gasteiger partial charge is 0.387 e. The minimum atomic E-state index is -0.611. The number of likely N-dealkylation sites (tertiary alicyclic amines) is 1. The second-order valence-corrected chi connectivity index (χ2v) is 5.72. The zero-order valence-corrected chi connectivity index (χ0v) is 11.3. The monoisotopic (exact) mass is 258 g/mol. The molecule has 102 valence electrons. The molecule has 2 aliphatic rings. The Labute approximate surface area is 114 Å². The van der Waals surface area contributed by atoms with Crippen molar-refractivity contribution in [2.75, 3.05) is 19.6 Å².